The van der Waals surface area contributed by atoms with E-state index in [2.05, 4.69) is 31.3 Å². The van der Waals surface area contributed by atoms with E-state index in [4.69, 9.17) is 16.0 Å². The minimum Gasteiger partial charge on any atom is -0.469 e. The number of halogens is 1. The highest BCUT2D eigenvalue weighted by Crippen LogP contribution is 2.17. The number of nitrogens with one attached hydrogen (secondary N) is 1. The third kappa shape index (κ3) is 3.62. The smallest absolute Gasteiger partial charge is 0.105 e. The van der Waals surface area contributed by atoms with Crippen LogP contribution in [-0.4, -0.2) is 6.04 Å². The van der Waals surface area contributed by atoms with Crippen LogP contribution in [0.1, 0.15) is 31.2 Å². The van der Waals surface area contributed by atoms with Gasteiger partial charge >= 0.3 is 0 Å². The summed E-state index contributed by atoms with van der Waals surface area (Å²) in [7, 11) is 0. The molecule has 0 saturated heterocycles. The molecule has 0 saturated carbocycles. The van der Waals surface area contributed by atoms with Gasteiger partial charge in [0.05, 0.1) is 6.26 Å². The summed E-state index contributed by atoms with van der Waals surface area (Å²) >= 11 is 5.88. The first kappa shape index (κ1) is 13.2. The molecule has 1 unspecified atom stereocenters. The minimum absolute atomic E-state index is 0.298. The van der Waals surface area contributed by atoms with Crippen molar-refractivity contribution in [3.63, 3.8) is 0 Å². The van der Waals surface area contributed by atoms with Gasteiger partial charge in [-0.1, -0.05) is 23.7 Å². The zero-order valence-electron chi connectivity index (χ0n) is 10.7. The third-order valence-corrected chi connectivity index (χ3v) is 3.24. The van der Waals surface area contributed by atoms with Crippen LogP contribution >= 0.6 is 11.6 Å². The highest BCUT2D eigenvalue weighted by atomic mass is 35.5. The lowest BCUT2D eigenvalue weighted by Crippen LogP contribution is -2.30. The lowest BCUT2D eigenvalue weighted by molar-refractivity contribution is 0.429. The van der Waals surface area contributed by atoms with Crippen LogP contribution in [0.5, 0.6) is 0 Å². The predicted molar refractivity (Wildman–Crippen MR) is 74.9 cm³/mol. The van der Waals surface area contributed by atoms with Crippen LogP contribution in [0.2, 0.25) is 5.02 Å². The van der Waals surface area contributed by atoms with Gasteiger partial charge in [0.1, 0.15) is 5.76 Å². The molecule has 18 heavy (non-hydrogen) atoms. The van der Waals surface area contributed by atoms with Crippen LogP contribution in [0.3, 0.4) is 0 Å². The van der Waals surface area contributed by atoms with Crippen molar-refractivity contribution in [2.45, 2.75) is 32.4 Å². The van der Waals surface area contributed by atoms with Gasteiger partial charge in [0, 0.05) is 23.5 Å². The van der Waals surface area contributed by atoms with E-state index in [1.54, 1.807) is 6.26 Å². The molecule has 1 aromatic heterocycles. The Labute approximate surface area is 113 Å². The Morgan fingerprint density at radius 1 is 1.17 bits per heavy atom. The van der Waals surface area contributed by atoms with Gasteiger partial charge in [-0.25, -0.2) is 0 Å². The molecule has 0 radical (unpaired) electrons. The van der Waals surface area contributed by atoms with E-state index >= 15 is 0 Å². The van der Waals surface area contributed by atoms with Crippen LogP contribution in [0.25, 0.3) is 0 Å². The van der Waals surface area contributed by atoms with Gasteiger partial charge in [-0.05, 0) is 43.7 Å². The van der Waals surface area contributed by atoms with E-state index in [9.17, 15) is 0 Å². The molecular formula is C15H18ClNO. The second kappa shape index (κ2) is 6.07. The first-order valence-electron chi connectivity index (χ1n) is 6.19. The zero-order valence-corrected chi connectivity index (χ0v) is 11.4. The fraction of sp³-hybridized carbons (Fsp3) is 0.333. The van der Waals surface area contributed by atoms with Gasteiger partial charge in [0.15, 0.2) is 0 Å². The highest BCUT2D eigenvalue weighted by Gasteiger charge is 2.10. The van der Waals surface area contributed by atoms with Crippen LogP contribution in [-0.2, 0) is 6.42 Å². The Hall–Kier alpha value is -1.25. The molecule has 1 heterocycles. The van der Waals surface area contributed by atoms with Gasteiger partial charge < -0.3 is 9.73 Å². The molecule has 0 spiro atoms. The molecule has 0 fully saturated rings. The summed E-state index contributed by atoms with van der Waals surface area (Å²) in [5.74, 6) is 1.01. The van der Waals surface area contributed by atoms with E-state index in [1.165, 1.54) is 5.56 Å². The highest BCUT2D eigenvalue weighted by molar-refractivity contribution is 6.30. The largest absolute Gasteiger partial charge is 0.469 e. The lowest BCUT2D eigenvalue weighted by Gasteiger charge is -2.19. The molecule has 3 heteroatoms. The van der Waals surface area contributed by atoms with Crippen molar-refractivity contribution in [2.75, 3.05) is 0 Å². The second-order valence-corrected chi connectivity index (χ2v) is 5.06. The van der Waals surface area contributed by atoms with Crippen molar-refractivity contribution >= 4 is 11.6 Å². The second-order valence-electron chi connectivity index (χ2n) is 4.62. The summed E-state index contributed by atoms with van der Waals surface area (Å²) in [5, 5.41) is 4.32. The molecule has 96 valence electrons. The van der Waals surface area contributed by atoms with Gasteiger partial charge in [-0.15, -0.1) is 0 Å². The average molecular weight is 264 g/mol. The van der Waals surface area contributed by atoms with Crippen molar-refractivity contribution in [2.24, 2.45) is 0 Å². The maximum atomic E-state index is 5.88. The molecule has 1 N–H and O–H groups in total. The van der Waals surface area contributed by atoms with Gasteiger partial charge in [0.2, 0.25) is 0 Å². The number of hydrogen-bond donors (Lipinski definition) is 1. The fourth-order valence-electron chi connectivity index (χ4n) is 2.06. The predicted octanol–water partition coefficient (Wildman–Crippen LogP) is 4.21. The average Bonchev–Trinajstić information content (AvgIpc) is 2.82. The van der Waals surface area contributed by atoms with Crippen molar-refractivity contribution in [1.29, 1.82) is 0 Å². The number of furan rings is 1. The maximum absolute atomic E-state index is 5.88. The molecule has 0 aliphatic rings. The number of benzene rings is 1. The third-order valence-electron chi connectivity index (χ3n) is 2.99. The minimum atomic E-state index is 0.298. The van der Waals surface area contributed by atoms with E-state index < -0.39 is 0 Å². The summed E-state index contributed by atoms with van der Waals surface area (Å²) in [6.45, 7) is 4.32. The van der Waals surface area contributed by atoms with Crippen LogP contribution in [0.4, 0.5) is 0 Å². The first-order valence-corrected chi connectivity index (χ1v) is 6.57. The Kier molecular flexibility index (Phi) is 4.45. The van der Waals surface area contributed by atoms with Crippen molar-refractivity contribution in [3.05, 3.63) is 59.0 Å². The number of hydrogen-bond acceptors (Lipinski definition) is 2. The maximum Gasteiger partial charge on any atom is 0.105 e. The molecule has 0 bridgehead atoms. The van der Waals surface area contributed by atoms with E-state index in [0.29, 0.717) is 12.1 Å². The van der Waals surface area contributed by atoms with Crippen LogP contribution in [0, 0.1) is 0 Å². The summed E-state index contributed by atoms with van der Waals surface area (Å²) in [6.07, 6.45) is 2.61. The monoisotopic (exact) mass is 263 g/mol. The molecule has 2 nitrogen and oxygen atoms in total. The molecule has 2 rings (SSSR count). The van der Waals surface area contributed by atoms with Gasteiger partial charge in [-0.2, -0.15) is 0 Å². The lowest BCUT2D eigenvalue weighted by atomic mass is 10.1. The van der Waals surface area contributed by atoms with E-state index in [0.717, 1.165) is 17.2 Å². The summed E-state index contributed by atoms with van der Waals surface area (Å²) in [6, 6.07) is 12.5. The van der Waals surface area contributed by atoms with Crippen molar-refractivity contribution < 1.29 is 4.42 Å². The van der Waals surface area contributed by atoms with Crippen LogP contribution in [0.15, 0.2) is 47.1 Å². The quantitative estimate of drug-likeness (QED) is 0.874. The molecule has 0 aliphatic carbocycles. The molecule has 0 aliphatic heterocycles. The summed E-state index contributed by atoms with van der Waals surface area (Å²) in [5.41, 5.74) is 1.24. The SMILES string of the molecule is CC(Cc1ccco1)N[C@@H](C)c1ccc(Cl)cc1. The Morgan fingerprint density at radius 2 is 1.89 bits per heavy atom. The van der Waals surface area contributed by atoms with E-state index in [-0.39, 0.29) is 0 Å². The van der Waals surface area contributed by atoms with Gasteiger partial charge in [0.25, 0.3) is 0 Å². The molecule has 2 aromatic rings. The molecule has 2 atom stereocenters. The fourth-order valence-corrected chi connectivity index (χ4v) is 2.19. The summed E-state index contributed by atoms with van der Waals surface area (Å²) in [4.78, 5) is 0. The Balaban J connectivity index is 1.90. The normalized spacial score (nSPS) is 14.4. The van der Waals surface area contributed by atoms with E-state index in [1.807, 2.05) is 24.3 Å². The molecular weight excluding hydrogens is 246 g/mol. The molecule has 1 aromatic carbocycles. The van der Waals surface area contributed by atoms with Crippen molar-refractivity contribution in [1.82, 2.24) is 5.32 Å². The van der Waals surface area contributed by atoms with Crippen LogP contribution < -0.4 is 5.32 Å². The van der Waals surface area contributed by atoms with Crippen molar-refractivity contribution in [3.8, 4) is 0 Å². The topological polar surface area (TPSA) is 25.2 Å². The molecule has 0 amide bonds. The first-order chi connectivity index (χ1) is 8.65. The van der Waals surface area contributed by atoms with Gasteiger partial charge in [-0.3, -0.25) is 0 Å². The zero-order chi connectivity index (χ0) is 13.0. The number of rotatable bonds is 5. The summed E-state index contributed by atoms with van der Waals surface area (Å²) < 4.78 is 5.35. The Morgan fingerprint density at radius 3 is 2.50 bits per heavy atom. The standard InChI is InChI=1S/C15H18ClNO/c1-11(10-15-4-3-9-18-15)17-12(2)13-5-7-14(16)8-6-13/h3-9,11-12,17H,10H2,1-2H3/t11?,12-/m0/s1. The Bertz CT molecular complexity index is 464.